The Morgan fingerprint density at radius 2 is 1.65 bits per heavy atom. The molecule has 0 saturated heterocycles. The molecule has 1 aromatic heterocycles. The van der Waals surface area contributed by atoms with E-state index in [1.807, 2.05) is 24.3 Å². The Balaban J connectivity index is 1.91. The van der Waals surface area contributed by atoms with Crippen LogP contribution in [0.4, 0.5) is 0 Å². The van der Waals surface area contributed by atoms with Crippen molar-refractivity contribution >= 4 is 5.97 Å². The summed E-state index contributed by atoms with van der Waals surface area (Å²) in [7, 11) is 0. The summed E-state index contributed by atoms with van der Waals surface area (Å²) in [6.07, 6.45) is 0. The van der Waals surface area contributed by atoms with Crippen LogP contribution in [0.3, 0.4) is 0 Å². The van der Waals surface area contributed by atoms with Crippen LogP contribution in [0, 0.1) is 0 Å². The molecule has 0 radical (unpaired) electrons. The predicted molar refractivity (Wildman–Crippen MR) is 86.2 cm³/mol. The van der Waals surface area contributed by atoms with Gasteiger partial charge in [-0.3, -0.25) is 0 Å². The van der Waals surface area contributed by atoms with E-state index in [1.165, 1.54) is 17.7 Å². The highest BCUT2D eigenvalue weighted by molar-refractivity contribution is 5.88. The van der Waals surface area contributed by atoms with E-state index < -0.39 is 5.97 Å². The molecule has 23 heavy (non-hydrogen) atoms. The van der Waals surface area contributed by atoms with E-state index in [1.54, 1.807) is 12.1 Å². The first-order valence-electron chi connectivity index (χ1n) is 7.32. The van der Waals surface area contributed by atoms with Gasteiger partial charge in [0.2, 0.25) is 11.8 Å². The summed E-state index contributed by atoms with van der Waals surface area (Å²) in [6.45, 7) is 4.27. The summed E-state index contributed by atoms with van der Waals surface area (Å²) in [4.78, 5) is 11.0. The largest absolute Gasteiger partial charge is 0.478 e. The number of nitrogens with zero attached hydrogens (tertiary/aromatic N) is 2. The first-order chi connectivity index (χ1) is 11.0. The van der Waals surface area contributed by atoms with Crippen LogP contribution in [0.2, 0.25) is 0 Å². The molecule has 3 rings (SSSR count). The zero-order valence-electron chi connectivity index (χ0n) is 12.9. The number of benzene rings is 2. The maximum absolute atomic E-state index is 11.0. The topological polar surface area (TPSA) is 76.2 Å². The molecule has 1 heterocycles. The molecule has 5 heteroatoms. The van der Waals surface area contributed by atoms with Gasteiger partial charge >= 0.3 is 5.97 Å². The van der Waals surface area contributed by atoms with Crippen molar-refractivity contribution in [1.29, 1.82) is 0 Å². The maximum atomic E-state index is 11.0. The molecule has 0 saturated carbocycles. The van der Waals surface area contributed by atoms with Gasteiger partial charge in [-0.15, -0.1) is 10.2 Å². The molecule has 2 aromatic carbocycles. The van der Waals surface area contributed by atoms with Crippen LogP contribution in [-0.2, 0) is 0 Å². The van der Waals surface area contributed by atoms with Gasteiger partial charge in [0, 0.05) is 11.1 Å². The third kappa shape index (κ3) is 3.13. The molecule has 1 N–H and O–H groups in total. The summed E-state index contributed by atoms with van der Waals surface area (Å²) in [5.74, 6) is 0.184. The van der Waals surface area contributed by atoms with Gasteiger partial charge in [-0.2, -0.15) is 0 Å². The molecule has 5 nitrogen and oxygen atoms in total. The zero-order chi connectivity index (χ0) is 16.4. The van der Waals surface area contributed by atoms with E-state index in [9.17, 15) is 4.79 Å². The van der Waals surface area contributed by atoms with Gasteiger partial charge in [-0.1, -0.05) is 32.0 Å². The SMILES string of the molecule is CC(C)c1ccc(-c2nnc(-c3cccc(C(=O)O)c3)o2)cc1. The lowest BCUT2D eigenvalue weighted by Gasteiger charge is -2.04. The van der Waals surface area contributed by atoms with E-state index in [-0.39, 0.29) is 5.56 Å². The summed E-state index contributed by atoms with van der Waals surface area (Å²) in [5.41, 5.74) is 2.84. The summed E-state index contributed by atoms with van der Waals surface area (Å²) in [5, 5.41) is 17.1. The van der Waals surface area contributed by atoms with Gasteiger partial charge < -0.3 is 9.52 Å². The third-order valence-electron chi connectivity index (χ3n) is 3.61. The fourth-order valence-electron chi connectivity index (χ4n) is 2.25. The van der Waals surface area contributed by atoms with Gasteiger partial charge in [0.15, 0.2) is 0 Å². The lowest BCUT2D eigenvalue weighted by molar-refractivity contribution is 0.0697. The van der Waals surface area contributed by atoms with Crippen molar-refractivity contribution < 1.29 is 14.3 Å². The Morgan fingerprint density at radius 1 is 1.00 bits per heavy atom. The van der Waals surface area contributed by atoms with Crippen LogP contribution in [0.15, 0.2) is 52.9 Å². The number of rotatable bonds is 4. The average Bonchev–Trinajstić information content (AvgIpc) is 3.05. The van der Waals surface area contributed by atoms with E-state index >= 15 is 0 Å². The Hall–Kier alpha value is -2.95. The average molecular weight is 308 g/mol. The van der Waals surface area contributed by atoms with Crippen LogP contribution < -0.4 is 0 Å². The normalized spacial score (nSPS) is 10.9. The molecule has 0 aliphatic heterocycles. The second-order valence-electron chi connectivity index (χ2n) is 5.58. The monoisotopic (exact) mass is 308 g/mol. The molecule has 0 bridgehead atoms. The molecule has 0 unspecified atom stereocenters. The number of aromatic carboxylic acids is 1. The number of hydrogen-bond donors (Lipinski definition) is 1. The van der Waals surface area contributed by atoms with Crippen molar-refractivity contribution in [2.24, 2.45) is 0 Å². The fraction of sp³-hybridized carbons (Fsp3) is 0.167. The lowest BCUT2D eigenvalue weighted by Crippen LogP contribution is -1.95. The van der Waals surface area contributed by atoms with Gasteiger partial charge in [0.1, 0.15) is 0 Å². The van der Waals surface area contributed by atoms with Crippen molar-refractivity contribution in [2.75, 3.05) is 0 Å². The molecule has 0 fully saturated rings. The standard InChI is InChI=1S/C18H16N2O3/c1-11(2)12-6-8-13(9-7-12)16-19-20-17(23-16)14-4-3-5-15(10-14)18(21)22/h3-11H,1-2H3,(H,21,22). The molecule has 0 spiro atoms. The van der Waals surface area contributed by atoms with E-state index in [2.05, 4.69) is 24.0 Å². The van der Waals surface area contributed by atoms with E-state index in [0.717, 1.165) is 5.56 Å². The first kappa shape index (κ1) is 15.0. The number of carbonyl (C=O) groups is 1. The summed E-state index contributed by atoms with van der Waals surface area (Å²) in [6, 6.07) is 14.4. The molecule has 0 aliphatic rings. The van der Waals surface area contributed by atoms with Crippen LogP contribution in [0.1, 0.15) is 35.7 Å². The van der Waals surface area contributed by atoms with Gasteiger partial charge in [-0.25, -0.2) is 4.79 Å². The minimum atomic E-state index is -0.990. The predicted octanol–water partition coefficient (Wildman–Crippen LogP) is 4.23. The van der Waals surface area contributed by atoms with E-state index in [4.69, 9.17) is 9.52 Å². The van der Waals surface area contributed by atoms with Gasteiger partial charge in [0.25, 0.3) is 0 Å². The zero-order valence-corrected chi connectivity index (χ0v) is 12.9. The molecular formula is C18H16N2O3. The van der Waals surface area contributed by atoms with Crippen LogP contribution in [0.5, 0.6) is 0 Å². The Bertz CT molecular complexity index is 835. The lowest BCUT2D eigenvalue weighted by atomic mass is 10.0. The summed E-state index contributed by atoms with van der Waals surface area (Å²) < 4.78 is 5.68. The fourth-order valence-corrected chi connectivity index (χ4v) is 2.25. The molecule has 116 valence electrons. The highest BCUT2D eigenvalue weighted by Crippen LogP contribution is 2.25. The van der Waals surface area contributed by atoms with Crippen molar-refractivity contribution in [2.45, 2.75) is 19.8 Å². The maximum Gasteiger partial charge on any atom is 0.335 e. The molecular weight excluding hydrogens is 292 g/mol. The summed E-state index contributed by atoms with van der Waals surface area (Å²) >= 11 is 0. The van der Waals surface area contributed by atoms with Crippen molar-refractivity contribution in [3.8, 4) is 22.9 Å². The highest BCUT2D eigenvalue weighted by Gasteiger charge is 2.12. The third-order valence-corrected chi connectivity index (χ3v) is 3.61. The van der Waals surface area contributed by atoms with Gasteiger partial charge in [0.05, 0.1) is 5.56 Å². The van der Waals surface area contributed by atoms with Crippen molar-refractivity contribution in [3.63, 3.8) is 0 Å². The van der Waals surface area contributed by atoms with Crippen molar-refractivity contribution in [1.82, 2.24) is 10.2 Å². The Labute approximate surface area is 133 Å². The van der Waals surface area contributed by atoms with Crippen molar-refractivity contribution in [3.05, 3.63) is 59.7 Å². The smallest absolute Gasteiger partial charge is 0.335 e. The van der Waals surface area contributed by atoms with E-state index in [0.29, 0.717) is 23.3 Å². The van der Waals surface area contributed by atoms with Crippen LogP contribution in [-0.4, -0.2) is 21.3 Å². The molecule has 3 aromatic rings. The van der Waals surface area contributed by atoms with Crippen LogP contribution in [0.25, 0.3) is 22.9 Å². The number of aromatic nitrogens is 2. The minimum absolute atomic E-state index is 0.184. The highest BCUT2D eigenvalue weighted by atomic mass is 16.4. The Morgan fingerprint density at radius 3 is 2.26 bits per heavy atom. The second-order valence-corrected chi connectivity index (χ2v) is 5.58. The first-order valence-corrected chi connectivity index (χ1v) is 7.32. The van der Waals surface area contributed by atoms with Gasteiger partial charge in [-0.05, 0) is 41.8 Å². The number of carboxylic acids is 1. The molecule has 0 amide bonds. The number of carboxylic acid groups (broad SMARTS) is 1. The van der Waals surface area contributed by atoms with Crippen LogP contribution >= 0.6 is 0 Å². The second kappa shape index (κ2) is 6.04. The Kier molecular flexibility index (Phi) is 3.93. The molecule has 0 aliphatic carbocycles. The number of hydrogen-bond acceptors (Lipinski definition) is 4. The molecule has 0 atom stereocenters. The minimum Gasteiger partial charge on any atom is -0.478 e. The quantitative estimate of drug-likeness (QED) is 0.780.